The molecule has 4 aromatic rings. The van der Waals surface area contributed by atoms with Crippen LogP contribution in [0.4, 0.5) is 29.1 Å². The highest BCUT2D eigenvalue weighted by molar-refractivity contribution is 6.34. The van der Waals surface area contributed by atoms with Crippen molar-refractivity contribution in [2.45, 2.75) is 6.18 Å². The van der Waals surface area contributed by atoms with E-state index in [4.69, 9.17) is 22.5 Å². The number of nitrogens with zero attached hydrogens (tertiary/aromatic N) is 2. The zero-order valence-corrected chi connectivity index (χ0v) is 23.3. The van der Waals surface area contributed by atoms with Gasteiger partial charge in [-0.3, -0.25) is 19.6 Å². The molecule has 2 aromatic carbocycles. The lowest BCUT2D eigenvalue weighted by Gasteiger charge is -2.13. The number of benzene rings is 2. The van der Waals surface area contributed by atoms with Crippen molar-refractivity contribution >= 4 is 51.7 Å². The number of anilines is 2. The Morgan fingerprint density at radius 3 is 2.39 bits per heavy atom. The zero-order valence-electron chi connectivity index (χ0n) is 22.6. The molecular weight excluding hydrogens is 608 g/mol. The third-order valence-corrected chi connectivity index (χ3v) is 6.58. The number of hydrogen-bond donors (Lipinski definition) is 5. The lowest BCUT2D eigenvalue weighted by atomic mass is 9.96. The molecule has 2 heterocycles. The monoisotopic (exact) mass is 628 g/mol. The predicted octanol–water partition coefficient (Wildman–Crippen LogP) is 4.71. The Hall–Kier alpha value is -5.39. The number of hydrogen-bond acceptors (Lipinski definition) is 6. The molecule has 3 amide bonds. The molecule has 0 aliphatic carbocycles. The zero-order chi connectivity index (χ0) is 32.3. The maximum absolute atomic E-state index is 13.2. The van der Waals surface area contributed by atoms with Crippen LogP contribution in [0.15, 0.2) is 61.1 Å². The molecular formula is C29H21ClF4N6O4. The number of aromatic nitrogens is 2. The van der Waals surface area contributed by atoms with E-state index in [0.29, 0.717) is 33.3 Å². The van der Waals surface area contributed by atoms with Crippen LogP contribution in [0, 0.1) is 11.8 Å². The number of nitrogens with one attached hydrogen (secondary N) is 3. The average molecular weight is 629 g/mol. The topological polar surface area (TPSA) is 151 Å². The van der Waals surface area contributed by atoms with Crippen molar-refractivity contribution in [3.05, 3.63) is 77.2 Å². The van der Waals surface area contributed by atoms with Crippen LogP contribution in [0.1, 0.15) is 15.9 Å². The normalized spacial score (nSPS) is 11.0. The molecule has 0 atom stereocenters. The van der Waals surface area contributed by atoms with Crippen molar-refractivity contribution in [3.63, 3.8) is 0 Å². The lowest BCUT2D eigenvalue weighted by molar-refractivity contribution is -0.123. The summed E-state index contributed by atoms with van der Waals surface area (Å²) in [5.74, 6) is 0.671. The molecule has 0 fully saturated rings. The van der Waals surface area contributed by atoms with Crippen molar-refractivity contribution in [1.29, 1.82) is 0 Å². The van der Waals surface area contributed by atoms with Crippen LogP contribution in [-0.2, 0) is 16.6 Å². The van der Waals surface area contributed by atoms with Gasteiger partial charge in [0.05, 0.1) is 32.7 Å². The average Bonchev–Trinajstić information content (AvgIpc) is 3.29. The molecule has 10 nitrogen and oxygen atoms in total. The fourth-order valence-electron chi connectivity index (χ4n) is 4.41. The summed E-state index contributed by atoms with van der Waals surface area (Å²) in [6.45, 7) is 1.41. The Kier molecular flexibility index (Phi) is 8.93. The molecule has 0 aliphatic rings. The van der Waals surface area contributed by atoms with Gasteiger partial charge >= 0.3 is 12.1 Å². The van der Waals surface area contributed by atoms with Crippen LogP contribution in [-0.4, -0.2) is 45.2 Å². The summed E-state index contributed by atoms with van der Waals surface area (Å²) < 4.78 is 52.8. The molecule has 6 N–H and O–H groups in total. The standard InChI is InChI=1S/C29H21ClF4N6O4/c1-14(31)27(42)38-18-7-3-15(4-8-18)24-22(16-5-9-19(20(30)11-16)28(43)37-13-29(32,33)34)23-25(40(24)2)17(12-36-26(23)35)6-10-21(41)39-44/h3-5,7-9,11-12,44H,1,13H2,2H3,(H2,35,36)(H,37,43)(H,38,42)(H,39,41). The molecule has 0 saturated carbocycles. The number of aryl methyl sites for hydroxylation is 1. The number of carbonyl (C=O) groups excluding carboxylic acids is 3. The van der Waals surface area contributed by atoms with E-state index < -0.39 is 36.3 Å². The van der Waals surface area contributed by atoms with Crippen molar-refractivity contribution in [1.82, 2.24) is 20.3 Å². The lowest BCUT2D eigenvalue weighted by Crippen LogP contribution is -2.33. The molecule has 0 saturated heterocycles. The summed E-state index contributed by atoms with van der Waals surface area (Å²) in [6, 6.07) is 10.3. The Balaban J connectivity index is 1.94. The summed E-state index contributed by atoms with van der Waals surface area (Å²) in [5.41, 5.74) is 10.3. The van der Waals surface area contributed by atoms with Gasteiger partial charge in [-0.1, -0.05) is 42.3 Å². The quantitative estimate of drug-likeness (QED) is 0.0686. The largest absolute Gasteiger partial charge is 0.405 e. The SMILES string of the molecule is C=C(F)C(=O)Nc1ccc(-c2c(-c3ccc(C(=O)NCC(F)(F)F)c(Cl)c3)c3c(N)ncc(C#CC(=O)NO)c3n2C)cc1. The van der Waals surface area contributed by atoms with Crippen LogP contribution < -0.4 is 21.8 Å². The van der Waals surface area contributed by atoms with E-state index in [1.165, 1.54) is 42.0 Å². The molecule has 15 heteroatoms. The first-order valence-electron chi connectivity index (χ1n) is 12.4. The van der Waals surface area contributed by atoms with E-state index >= 15 is 0 Å². The first-order chi connectivity index (χ1) is 20.7. The first-order valence-corrected chi connectivity index (χ1v) is 12.7. The van der Waals surface area contributed by atoms with Gasteiger partial charge in [0.25, 0.3) is 11.8 Å². The van der Waals surface area contributed by atoms with Gasteiger partial charge in [0.2, 0.25) is 0 Å². The second kappa shape index (κ2) is 12.5. The fraction of sp³-hybridized carbons (Fsp3) is 0.103. The Labute approximate surface area is 251 Å². The minimum absolute atomic E-state index is 0.0440. The number of alkyl halides is 3. The number of carbonyl (C=O) groups is 3. The van der Waals surface area contributed by atoms with Gasteiger partial charge in [-0.25, -0.2) is 14.9 Å². The van der Waals surface area contributed by atoms with Gasteiger partial charge in [-0.15, -0.1) is 0 Å². The number of nitrogen functional groups attached to an aromatic ring is 1. The van der Waals surface area contributed by atoms with Gasteiger partial charge in [0.15, 0.2) is 5.83 Å². The van der Waals surface area contributed by atoms with Crippen LogP contribution in [0.2, 0.25) is 5.02 Å². The summed E-state index contributed by atoms with van der Waals surface area (Å²) in [6.07, 6.45) is -3.30. The number of rotatable bonds is 6. The van der Waals surface area contributed by atoms with Gasteiger partial charge in [-0.05, 0) is 35.4 Å². The smallest absolute Gasteiger partial charge is 0.383 e. The second-order valence-electron chi connectivity index (χ2n) is 9.18. The van der Waals surface area contributed by atoms with Crippen LogP contribution >= 0.6 is 11.6 Å². The number of pyridine rings is 1. The number of hydroxylamine groups is 1. The predicted molar refractivity (Wildman–Crippen MR) is 155 cm³/mol. The Bertz CT molecular complexity index is 1890. The van der Waals surface area contributed by atoms with Gasteiger partial charge < -0.3 is 20.9 Å². The molecule has 0 spiro atoms. The van der Waals surface area contributed by atoms with Crippen LogP contribution in [0.5, 0.6) is 0 Å². The van der Waals surface area contributed by atoms with Crippen LogP contribution in [0.3, 0.4) is 0 Å². The summed E-state index contributed by atoms with van der Waals surface area (Å²) in [7, 11) is 1.67. The molecule has 226 valence electrons. The number of amides is 3. The molecule has 0 unspecified atom stereocenters. The second-order valence-corrected chi connectivity index (χ2v) is 9.59. The van der Waals surface area contributed by atoms with Gasteiger partial charge in [-0.2, -0.15) is 13.2 Å². The molecule has 4 rings (SSSR count). The highest BCUT2D eigenvalue weighted by Gasteiger charge is 2.29. The summed E-state index contributed by atoms with van der Waals surface area (Å²) >= 11 is 6.38. The number of fused-ring (bicyclic) bond motifs is 1. The molecule has 0 aliphatic heterocycles. The summed E-state index contributed by atoms with van der Waals surface area (Å²) in [4.78, 5) is 39.9. The third-order valence-electron chi connectivity index (χ3n) is 6.27. The van der Waals surface area contributed by atoms with Crippen molar-refractivity contribution < 1.29 is 37.2 Å². The molecule has 44 heavy (non-hydrogen) atoms. The third kappa shape index (κ3) is 6.64. The maximum Gasteiger partial charge on any atom is 0.405 e. The van der Waals surface area contributed by atoms with Gasteiger partial charge in [0, 0.05) is 30.4 Å². The Morgan fingerprint density at radius 1 is 1.14 bits per heavy atom. The summed E-state index contributed by atoms with van der Waals surface area (Å²) in [5, 5.41) is 13.2. The minimum Gasteiger partial charge on any atom is -0.383 e. The van der Waals surface area contributed by atoms with Crippen molar-refractivity contribution in [2.24, 2.45) is 7.05 Å². The van der Waals surface area contributed by atoms with Crippen LogP contribution in [0.25, 0.3) is 33.3 Å². The number of nitrogens with two attached hydrogens (primary N) is 1. The van der Waals surface area contributed by atoms with Crippen molar-refractivity contribution in [3.8, 4) is 34.2 Å². The fourth-order valence-corrected chi connectivity index (χ4v) is 4.68. The highest BCUT2D eigenvalue weighted by Crippen LogP contribution is 2.44. The van der Waals surface area contributed by atoms with E-state index in [0.717, 1.165) is 0 Å². The van der Waals surface area contributed by atoms with E-state index in [1.807, 2.05) is 0 Å². The minimum atomic E-state index is -4.62. The van der Waals surface area contributed by atoms with E-state index in [2.05, 4.69) is 28.7 Å². The molecule has 2 aromatic heterocycles. The Morgan fingerprint density at radius 2 is 1.80 bits per heavy atom. The maximum atomic E-state index is 13.2. The van der Waals surface area contributed by atoms with E-state index in [-0.39, 0.29) is 27.7 Å². The molecule has 0 bridgehead atoms. The van der Waals surface area contributed by atoms with Crippen molar-refractivity contribution in [2.75, 3.05) is 17.6 Å². The van der Waals surface area contributed by atoms with Gasteiger partial charge in [0.1, 0.15) is 12.4 Å². The number of halogens is 5. The van der Waals surface area contributed by atoms with E-state index in [9.17, 15) is 31.9 Å². The first kappa shape index (κ1) is 31.5. The molecule has 0 radical (unpaired) electrons. The van der Waals surface area contributed by atoms with E-state index in [1.54, 1.807) is 29.1 Å². The highest BCUT2D eigenvalue weighted by atomic mass is 35.5.